The maximum atomic E-state index is 14.3. The number of carbonyl (C=O) groups excluding carboxylic acids is 1. The summed E-state index contributed by atoms with van der Waals surface area (Å²) in [7, 11) is 1.59. The molecule has 2 saturated heterocycles. The number of hydrazine groups is 1. The fraction of sp³-hybridized carbons (Fsp3) is 0.381. The summed E-state index contributed by atoms with van der Waals surface area (Å²) in [5.74, 6) is 0.313. The molecule has 0 bridgehead atoms. The number of methoxy groups -OCH3 is 1. The van der Waals surface area contributed by atoms with Crippen molar-refractivity contribution in [3.05, 3.63) is 65.0 Å². The fourth-order valence-corrected chi connectivity index (χ4v) is 4.11. The van der Waals surface area contributed by atoms with E-state index in [0.717, 1.165) is 18.7 Å². The van der Waals surface area contributed by atoms with Gasteiger partial charge >= 0.3 is 0 Å². The Bertz CT molecular complexity index is 870. The molecule has 0 radical (unpaired) electrons. The summed E-state index contributed by atoms with van der Waals surface area (Å²) in [6.45, 7) is 1.76. The minimum absolute atomic E-state index is 0.179. The largest absolute Gasteiger partial charge is 0.496 e. The van der Waals surface area contributed by atoms with E-state index in [2.05, 4.69) is 10.9 Å². The van der Waals surface area contributed by atoms with Gasteiger partial charge in [0, 0.05) is 36.7 Å². The number of benzene rings is 2. The van der Waals surface area contributed by atoms with Crippen molar-refractivity contribution >= 4 is 5.91 Å². The number of nitrogens with one attached hydrogen (secondary N) is 2. The number of rotatable bonds is 4. The van der Waals surface area contributed by atoms with E-state index >= 15 is 0 Å². The van der Waals surface area contributed by atoms with Gasteiger partial charge in [-0.3, -0.25) is 15.6 Å². The first kappa shape index (κ1) is 18.9. The Kier molecular flexibility index (Phi) is 5.30. The molecule has 2 heterocycles. The van der Waals surface area contributed by atoms with Crippen LogP contribution in [0.4, 0.5) is 4.39 Å². The molecule has 4 rings (SSSR count). The predicted molar refractivity (Wildman–Crippen MR) is 103 cm³/mol. The lowest BCUT2D eigenvalue weighted by atomic mass is 9.97. The molecule has 2 fully saturated rings. The molecule has 148 valence electrons. The number of hydrogen-bond acceptors (Lipinski definition) is 5. The molecular formula is C21H24FN3O3. The van der Waals surface area contributed by atoms with E-state index in [1.54, 1.807) is 42.3 Å². The molecule has 0 aromatic heterocycles. The highest BCUT2D eigenvalue weighted by atomic mass is 19.1. The van der Waals surface area contributed by atoms with Crippen molar-refractivity contribution in [2.75, 3.05) is 26.7 Å². The van der Waals surface area contributed by atoms with E-state index in [4.69, 9.17) is 4.74 Å². The number of nitrogens with zero attached hydrogens (tertiary/aromatic N) is 1. The summed E-state index contributed by atoms with van der Waals surface area (Å²) in [6.07, 6.45) is -0.355. The Balaban J connectivity index is 1.63. The number of carbonyl (C=O) groups is 1. The van der Waals surface area contributed by atoms with Crippen LogP contribution in [0.2, 0.25) is 0 Å². The highest BCUT2D eigenvalue weighted by molar-refractivity contribution is 5.95. The number of amides is 1. The van der Waals surface area contributed by atoms with E-state index in [-0.39, 0.29) is 24.2 Å². The third kappa shape index (κ3) is 3.48. The molecular weight excluding hydrogens is 361 g/mol. The first-order valence-electron chi connectivity index (χ1n) is 9.45. The van der Waals surface area contributed by atoms with Crippen LogP contribution < -0.4 is 15.6 Å². The molecule has 28 heavy (non-hydrogen) atoms. The Morgan fingerprint density at radius 1 is 1.18 bits per heavy atom. The number of aliphatic hydroxyl groups is 1. The second kappa shape index (κ2) is 7.87. The molecule has 3 N–H and O–H groups in total. The molecule has 2 aromatic carbocycles. The van der Waals surface area contributed by atoms with Gasteiger partial charge in [0.25, 0.3) is 5.91 Å². The lowest BCUT2D eigenvalue weighted by molar-refractivity contribution is 0.0713. The first-order valence-corrected chi connectivity index (χ1v) is 9.45. The molecule has 0 aliphatic carbocycles. The highest BCUT2D eigenvalue weighted by Gasteiger charge is 2.37. The topological polar surface area (TPSA) is 73.8 Å². The van der Waals surface area contributed by atoms with Crippen molar-refractivity contribution in [2.45, 2.75) is 24.5 Å². The van der Waals surface area contributed by atoms with Gasteiger partial charge in [-0.2, -0.15) is 0 Å². The zero-order valence-electron chi connectivity index (χ0n) is 15.7. The molecule has 6 nitrogen and oxygen atoms in total. The highest BCUT2D eigenvalue weighted by Crippen LogP contribution is 2.36. The monoisotopic (exact) mass is 385 g/mol. The third-order valence-corrected chi connectivity index (χ3v) is 5.55. The molecule has 7 heteroatoms. The summed E-state index contributed by atoms with van der Waals surface area (Å²) < 4.78 is 19.8. The van der Waals surface area contributed by atoms with Crippen molar-refractivity contribution in [3.8, 4) is 5.75 Å². The van der Waals surface area contributed by atoms with Gasteiger partial charge in [0.05, 0.1) is 19.3 Å². The van der Waals surface area contributed by atoms with Gasteiger partial charge in [-0.05, 0) is 30.2 Å². The predicted octanol–water partition coefficient (Wildman–Crippen LogP) is 1.97. The summed E-state index contributed by atoms with van der Waals surface area (Å²) in [4.78, 5) is 14.8. The summed E-state index contributed by atoms with van der Waals surface area (Å²) in [5, 5.41) is 10.2. The van der Waals surface area contributed by atoms with Gasteiger partial charge < -0.3 is 14.7 Å². The summed E-state index contributed by atoms with van der Waals surface area (Å²) in [6, 6.07) is 11.3. The van der Waals surface area contributed by atoms with E-state index in [1.165, 1.54) is 6.07 Å². The Labute approximate surface area is 163 Å². The SMILES string of the molecule is COc1cc(C(=O)N2C[C@@H](O)C[C@@H]2c2ccccc2F)ccc1C1CNNC1. The Morgan fingerprint density at radius 2 is 1.93 bits per heavy atom. The average molecular weight is 385 g/mol. The van der Waals surface area contributed by atoms with Crippen molar-refractivity contribution in [3.63, 3.8) is 0 Å². The number of aliphatic hydroxyl groups excluding tert-OH is 1. The summed E-state index contributed by atoms with van der Waals surface area (Å²) >= 11 is 0. The van der Waals surface area contributed by atoms with Crippen molar-refractivity contribution < 1.29 is 19.0 Å². The van der Waals surface area contributed by atoms with Crippen molar-refractivity contribution in [1.29, 1.82) is 0 Å². The number of β-amino-alcohol motifs (C(OH)–C–C–N with tert-alkyl or cyclic N) is 1. The van der Waals surface area contributed by atoms with Gasteiger partial charge in [0.2, 0.25) is 0 Å². The smallest absolute Gasteiger partial charge is 0.254 e. The lowest BCUT2D eigenvalue weighted by Gasteiger charge is -2.25. The van der Waals surface area contributed by atoms with Gasteiger partial charge in [0.15, 0.2) is 0 Å². The minimum Gasteiger partial charge on any atom is -0.496 e. The molecule has 2 aliphatic rings. The van der Waals surface area contributed by atoms with E-state index in [0.29, 0.717) is 23.3 Å². The van der Waals surface area contributed by atoms with E-state index in [1.807, 2.05) is 6.07 Å². The van der Waals surface area contributed by atoms with Crippen LogP contribution >= 0.6 is 0 Å². The maximum Gasteiger partial charge on any atom is 0.254 e. The number of ether oxygens (including phenoxy) is 1. The fourth-order valence-electron chi connectivity index (χ4n) is 4.11. The van der Waals surface area contributed by atoms with E-state index in [9.17, 15) is 14.3 Å². The zero-order valence-corrected chi connectivity index (χ0v) is 15.7. The van der Waals surface area contributed by atoms with Crippen LogP contribution in [0.1, 0.15) is 39.9 Å². The molecule has 0 saturated carbocycles. The molecule has 2 atom stereocenters. The Morgan fingerprint density at radius 3 is 2.64 bits per heavy atom. The van der Waals surface area contributed by atoms with Crippen LogP contribution in [0.15, 0.2) is 42.5 Å². The van der Waals surface area contributed by atoms with Crippen LogP contribution in [-0.2, 0) is 0 Å². The molecule has 2 aliphatic heterocycles. The number of hydrogen-bond donors (Lipinski definition) is 3. The average Bonchev–Trinajstić information content (AvgIpc) is 3.37. The lowest BCUT2D eigenvalue weighted by Crippen LogP contribution is -2.32. The van der Waals surface area contributed by atoms with Gasteiger partial charge in [-0.15, -0.1) is 0 Å². The van der Waals surface area contributed by atoms with E-state index < -0.39 is 12.1 Å². The van der Waals surface area contributed by atoms with Gasteiger partial charge in [-0.25, -0.2) is 4.39 Å². The minimum atomic E-state index is -0.676. The molecule has 0 spiro atoms. The van der Waals surface area contributed by atoms with Crippen LogP contribution in [0.25, 0.3) is 0 Å². The van der Waals surface area contributed by atoms with Gasteiger partial charge in [-0.1, -0.05) is 24.3 Å². The van der Waals surface area contributed by atoms with Crippen molar-refractivity contribution in [1.82, 2.24) is 15.8 Å². The molecule has 0 unspecified atom stereocenters. The third-order valence-electron chi connectivity index (χ3n) is 5.55. The quantitative estimate of drug-likeness (QED) is 0.751. The molecule has 1 amide bonds. The standard InChI is InChI=1S/C21H24FN3O3/c1-28-20-8-13(6-7-16(20)14-10-23-24-11-14)21(27)25-12-15(26)9-19(25)17-4-2-3-5-18(17)22/h2-8,14-15,19,23-24,26H,9-12H2,1H3/t15-,19+/m0/s1. The summed E-state index contributed by atoms with van der Waals surface area (Å²) in [5.41, 5.74) is 8.12. The Hall–Kier alpha value is -2.48. The zero-order chi connectivity index (χ0) is 19.7. The van der Waals surface area contributed by atoms with Crippen LogP contribution in [0, 0.1) is 5.82 Å². The second-order valence-corrected chi connectivity index (χ2v) is 7.30. The number of likely N-dealkylation sites (tertiary alicyclic amines) is 1. The second-order valence-electron chi connectivity index (χ2n) is 7.30. The number of halogens is 1. The first-order chi connectivity index (χ1) is 13.6. The van der Waals surface area contributed by atoms with Crippen LogP contribution in [0.3, 0.4) is 0 Å². The molecule has 2 aromatic rings. The van der Waals surface area contributed by atoms with Gasteiger partial charge in [0.1, 0.15) is 11.6 Å². The normalized spacial score (nSPS) is 22.6. The van der Waals surface area contributed by atoms with Crippen molar-refractivity contribution in [2.24, 2.45) is 0 Å². The van der Waals surface area contributed by atoms with Crippen LogP contribution in [0.5, 0.6) is 5.75 Å². The van der Waals surface area contributed by atoms with Crippen LogP contribution in [-0.4, -0.2) is 48.8 Å². The maximum absolute atomic E-state index is 14.3.